The summed E-state index contributed by atoms with van der Waals surface area (Å²) in [7, 11) is 0. The van der Waals surface area contributed by atoms with Crippen molar-refractivity contribution in [3.8, 4) is 0 Å². The molecular weight excluding hydrogens is 379 g/mol. The van der Waals surface area contributed by atoms with E-state index in [2.05, 4.69) is 10.2 Å². The molecule has 0 unspecified atom stereocenters. The summed E-state index contributed by atoms with van der Waals surface area (Å²) in [5, 5.41) is 3.25. The first-order chi connectivity index (χ1) is 12.8. The fraction of sp³-hybridized carbons (Fsp3) is 0.316. The number of amides is 1. The molecule has 0 aliphatic carbocycles. The van der Waals surface area contributed by atoms with Crippen LogP contribution in [-0.4, -0.2) is 38.6 Å². The minimum absolute atomic E-state index is 0.161. The Morgan fingerprint density at radius 2 is 1.78 bits per heavy atom. The number of anilines is 2. The van der Waals surface area contributed by atoms with E-state index in [1.54, 1.807) is 0 Å². The van der Waals surface area contributed by atoms with Gasteiger partial charge in [0.05, 0.1) is 31.7 Å². The SMILES string of the molecule is O=C(C[NH+]1CCN(c2ccc(Cl)cc2)CC1)Nc1cccc(C(F)(F)F)c1. The summed E-state index contributed by atoms with van der Waals surface area (Å²) in [5.74, 6) is -0.288. The molecule has 1 aliphatic heterocycles. The number of benzene rings is 2. The van der Waals surface area contributed by atoms with Gasteiger partial charge in [-0.2, -0.15) is 13.2 Å². The summed E-state index contributed by atoms with van der Waals surface area (Å²) in [6.07, 6.45) is -4.43. The number of rotatable bonds is 4. The molecule has 1 heterocycles. The molecule has 2 aromatic carbocycles. The number of quaternary nitrogens is 1. The number of nitrogens with one attached hydrogen (secondary N) is 2. The van der Waals surface area contributed by atoms with Crippen molar-refractivity contribution in [2.24, 2.45) is 0 Å². The molecule has 2 N–H and O–H groups in total. The van der Waals surface area contributed by atoms with Crippen LogP contribution in [-0.2, 0) is 11.0 Å². The predicted octanol–water partition coefficient (Wildman–Crippen LogP) is 2.70. The third-order valence-corrected chi connectivity index (χ3v) is 4.80. The first kappa shape index (κ1) is 19.5. The Kier molecular flexibility index (Phi) is 5.92. The van der Waals surface area contributed by atoms with Crippen LogP contribution < -0.4 is 15.1 Å². The lowest BCUT2D eigenvalue weighted by atomic mass is 10.2. The largest absolute Gasteiger partial charge is 0.416 e. The van der Waals surface area contributed by atoms with Crippen molar-refractivity contribution >= 4 is 28.9 Å². The number of halogens is 4. The van der Waals surface area contributed by atoms with Crippen molar-refractivity contribution in [1.82, 2.24) is 0 Å². The van der Waals surface area contributed by atoms with Crippen LogP contribution in [0.2, 0.25) is 5.02 Å². The minimum atomic E-state index is -4.43. The molecule has 1 saturated heterocycles. The van der Waals surface area contributed by atoms with Gasteiger partial charge in [0.2, 0.25) is 0 Å². The van der Waals surface area contributed by atoms with E-state index in [1.165, 1.54) is 12.1 Å². The predicted molar refractivity (Wildman–Crippen MR) is 99.3 cm³/mol. The van der Waals surface area contributed by atoms with E-state index in [9.17, 15) is 18.0 Å². The van der Waals surface area contributed by atoms with E-state index >= 15 is 0 Å². The fourth-order valence-electron chi connectivity index (χ4n) is 3.12. The lowest BCUT2D eigenvalue weighted by Crippen LogP contribution is -3.15. The van der Waals surface area contributed by atoms with E-state index in [4.69, 9.17) is 11.6 Å². The van der Waals surface area contributed by atoms with Gasteiger partial charge in [-0.3, -0.25) is 4.79 Å². The Balaban J connectivity index is 1.50. The normalized spacial score (nSPS) is 15.6. The average molecular weight is 399 g/mol. The molecule has 0 radical (unpaired) electrons. The van der Waals surface area contributed by atoms with E-state index in [1.807, 2.05) is 24.3 Å². The lowest BCUT2D eigenvalue weighted by Gasteiger charge is -2.33. The molecule has 0 aromatic heterocycles. The molecule has 1 fully saturated rings. The smallest absolute Gasteiger partial charge is 0.360 e. The molecule has 1 amide bonds. The standard InChI is InChI=1S/C19H19ClF3N3O/c20-15-4-6-17(7-5-15)26-10-8-25(9-11-26)13-18(27)24-16-3-1-2-14(12-16)19(21,22)23/h1-7,12H,8-11,13H2,(H,24,27)/p+1. The summed E-state index contributed by atoms with van der Waals surface area (Å²) < 4.78 is 38.2. The zero-order valence-corrected chi connectivity index (χ0v) is 15.3. The maximum atomic E-state index is 12.7. The average Bonchev–Trinajstić information content (AvgIpc) is 2.62. The minimum Gasteiger partial charge on any atom is -0.360 e. The van der Waals surface area contributed by atoms with Gasteiger partial charge in [0, 0.05) is 16.4 Å². The number of hydrogen-bond donors (Lipinski definition) is 2. The van der Waals surface area contributed by atoms with Gasteiger partial charge in [-0.25, -0.2) is 0 Å². The van der Waals surface area contributed by atoms with E-state index in [0.717, 1.165) is 48.9 Å². The highest BCUT2D eigenvalue weighted by Gasteiger charge is 2.30. The van der Waals surface area contributed by atoms with Crippen LogP contribution in [0.5, 0.6) is 0 Å². The van der Waals surface area contributed by atoms with Crippen molar-refractivity contribution in [3.63, 3.8) is 0 Å². The van der Waals surface area contributed by atoms with E-state index in [-0.39, 0.29) is 18.1 Å². The number of nitrogens with zero attached hydrogens (tertiary/aromatic N) is 1. The molecule has 144 valence electrons. The first-order valence-electron chi connectivity index (χ1n) is 8.62. The quantitative estimate of drug-likeness (QED) is 0.831. The van der Waals surface area contributed by atoms with Gasteiger partial charge in [-0.05, 0) is 42.5 Å². The summed E-state index contributed by atoms with van der Waals surface area (Å²) in [6.45, 7) is 3.38. The number of carbonyl (C=O) groups is 1. The molecular formula is C19H20ClF3N3O+. The third kappa shape index (κ3) is 5.37. The van der Waals surface area contributed by atoms with Gasteiger partial charge in [0.1, 0.15) is 0 Å². The van der Waals surface area contributed by atoms with Crippen LogP contribution in [0.4, 0.5) is 24.5 Å². The Morgan fingerprint density at radius 3 is 2.41 bits per heavy atom. The monoisotopic (exact) mass is 398 g/mol. The molecule has 2 aromatic rings. The van der Waals surface area contributed by atoms with Gasteiger partial charge < -0.3 is 15.1 Å². The van der Waals surface area contributed by atoms with Crippen LogP contribution >= 0.6 is 11.6 Å². The van der Waals surface area contributed by atoms with Gasteiger partial charge in [-0.1, -0.05) is 17.7 Å². The zero-order chi connectivity index (χ0) is 19.4. The summed E-state index contributed by atoms with van der Waals surface area (Å²) in [4.78, 5) is 15.5. The van der Waals surface area contributed by atoms with Crippen molar-refractivity contribution in [1.29, 1.82) is 0 Å². The maximum Gasteiger partial charge on any atom is 0.416 e. The molecule has 3 rings (SSSR count). The van der Waals surface area contributed by atoms with Crippen LogP contribution in [0, 0.1) is 0 Å². The highest BCUT2D eigenvalue weighted by Crippen LogP contribution is 2.30. The van der Waals surface area contributed by atoms with Gasteiger partial charge in [0.25, 0.3) is 5.91 Å². The van der Waals surface area contributed by atoms with Crippen LogP contribution in [0.3, 0.4) is 0 Å². The van der Waals surface area contributed by atoms with Crippen LogP contribution in [0.15, 0.2) is 48.5 Å². The van der Waals surface area contributed by atoms with Crippen molar-refractivity contribution in [3.05, 3.63) is 59.1 Å². The van der Waals surface area contributed by atoms with Crippen LogP contribution in [0.25, 0.3) is 0 Å². The number of hydrogen-bond acceptors (Lipinski definition) is 2. The lowest BCUT2D eigenvalue weighted by molar-refractivity contribution is -0.892. The van der Waals surface area contributed by atoms with Crippen molar-refractivity contribution in [2.75, 3.05) is 42.9 Å². The third-order valence-electron chi connectivity index (χ3n) is 4.55. The Hall–Kier alpha value is -2.25. The zero-order valence-electron chi connectivity index (χ0n) is 14.5. The van der Waals surface area contributed by atoms with Crippen molar-refractivity contribution < 1.29 is 22.9 Å². The molecule has 0 bridgehead atoms. The van der Waals surface area contributed by atoms with Gasteiger partial charge >= 0.3 is 6.18 Å². The number of alkyl halides is 3. The Bertz CT molecular complexity index is 788. The van der Waals surface area contributed by atoms with Crippen molar-refractivity contribution in [2.45, 2.75) is 6.18 Å². The second-order valence-corrected chi connectivity index (χ2v) is 6.95. The maximum absolute atomic E-state index is 12.7. The van der Waals surface area contributed by atoms with Gasteiger partial charge in [-0.15, -0.1) is 0 Å². The Morgan fingerprint density at radius 1 is 1.11 bits per heavy atom. The summed E-state index contributed by atoms with van der Waals surface area (Å²) >= 11 is 5.90. The molecule has 0 atom stereocenters. The number of carbonyl (C=O) groups excluding carboxylic acids is 1. The molecule has 0 spiro atoms. The van der Waals surface area contributed by atoms with E-state index in [0.29, 0.717) is 5.02 Å². The molecule has 27 heavy (non-hydrogen) atoms. The topological polar surface area (TPSA) is 36.8 Å². The first-order valence-corrected chi connectivity index (χ1v) is 9.00. The van der Waals surface area contributed by atoms with E-state index < -0.39 is 11.7 Å². The molecule has 8 heteroatoms. The van der Waals surface area contributed by atoms with Crippen LogP contribution in [0.1, 0.15) is 5.56 Å². The Labute approximate surface area is 160 Å². The second kappa shape index (κ2) is 8.19. The van der Waals surface area contributed by atoms with Gasteiger partial charge in [0.15, 0.2) is 6.54 Å². The summed E-state index contributed by atoms with van der Waals surface area (Å²) in [6, 6.07) is 12.3. The highest BCUT2D eigenvalue weighted by atomic mass is 35.5. The number of piperazine rings is 1. The molecule has 4 nitrogen and oxygen atoms in total. The highest BCUT2D eigenvalue weighted by molar-refractivity contribution is 6.30. The summed E-state index contributed by atoms with van der Waals surface area (Å²) in [5.41, 5.74) is 0.477. The molecule has 1 aliphatic rings. The second-order valence-electron chi connectivity index (χ2n) is 6.52. The molecule has 0 saturated carbocycles. The fourth-order valence-corrected chi connectivity index (χ4v) is 3.24.